The van der Waals surface area contributed by atoms with Crippen LogP contribution < -0.4 is 61.1 Å². The van der Waals surface area contributed by atoms with Gasteiger partial charge in [-0.2, -0.15) is 24.9 Å². The number of benzene rings is 5. The molecule has 724 valence electrons. The Kier molecular flexibility index (Phi) is 27.0. The van der Waals surface area contributed by atoms with E-state index in [1.165, 1.54) is 47.7 Å². The number of anilines is 2. The van der Waals surface area contributed by atoms with E-state index in [-0.39, 0.29) is 81.0 Å². The topological polar surface area (TPSA) is 400 Å². The average Bonchev–Trinajstić information content (AvgIpc) is 1.61. The standard InChI is InChI=1S/C21H23N5O2.C20H23N5O3.C20H25N5O3.C20H23N5O3.C19H21N5O3/c1-6-12-24-19(27)17-18(23(5)21(24)28)22-20-25(13(2)14(3)26(17)20)15(4)16-10-8-7-9-11-16;1-12-8-13(2)10-15(9-12)25-14(3)11-24-16-17(21-19(24)25)22(4)20(28)23(18(16)27)6-5-7-26;1-5-28-11-10-25-18(26)16-17(22(4)20(25)27)21-19-23(8-9-24(16)19)15-12-13(2)6-7-14(15)3;1-4-14-6-8-15(9-7-14)25-13(2)12-24-16-17(21-19(24)25)22(3)20(28)23(18(16)27)10-5-11-26;1-12-13(2)24-15-16(20-18(24)23(12)14-8-5-4-6-9-14)21(3)19(27)22(17(15)26)10-7-11-25/h6-11,15H,1,12H2,2-5H3;8-11,26H,5-7H2,1-4H3;6-7,12H,5,8-11H2,1-4H3;6-9,12,26H,4-5,10-11H2,1-3H3;4-6,8-9,25H,7,10-11H2,1-3H3. The van der Waals surface area contributed by atoms with Gasteiger partial charge >= 0.3 is 28.4 Å². The number of imidazole rings is 9. The summed E-state index contributed by atoms with van der Waals surface area (Å²) in [5, 5.41) is 27.3. The SMILES string of the molecule is C=CCn1c(=O)c2c(nc3n(C(C)c4ccccc4)c(C)c(C)n23)n(C)c1=O.CCOCCn1c(=O)c2c(nc3n2CCN3c2cc(C)ccc2C)n(C)c1=O.CCc1ccc(-n2c(C)cn3c4c(=O)n(CCCO)c(=O)n(C)c4nc23)cc1.Cc1c(C)n2c3c(=O)n(CCCO)c(=O)n(C)c3nc2n1-c1ccccc1.Cc1cc(C)cc(-n2c(C)cn3c4c(=O)n(CCCO)c(=O)n(C)c4nc23)c1. The smallest absolute Gasteiger partial charge is 0.332 e. The number of rotatable bonds is 22. The fourth-order valence-electron chi connectivity index (χ4n) is 18.8. The third-order valence-corrected chi connectivity index (χ3v) is 26.1. The second kappa shape index (κ2) is 38.9. The van der Waals surface area contributed by atoms with Gasteiger partial charge in [0.15, 0.2) is 55.8 Å². The Morgan fingerprint density at radius 1 is 0.417 bits per heavy atom. The lowest BCUT2D eigenvalue weighted by Gasteiger charge is -2.19. The number of nitrogens with zero attached hydrogens (tertiary/aromatic N) is 25. The van der Waals surface area contributed by atoms with Crippen molar-refractivity contribution in [2.24, 2.45) is 35.2 Å². The lowest BCUT2D eigenvalue weighted by Crippen LogP contribution is -2.40. The first-order valence-electron chi connectivity index (χ1n) is 46.2. The maximum absolute atomic E-state index is 13.1. The molecular formula is C100H115N25O14. The minimum Gasteiger partial charge on any atom is -0.396 e. The molecule has 1 aliphatic rings. The first-order valence-corrected chi connectivity index (χ1v) is 46.2. The van der Waals surface area contributed by atoms with E-state index in [0.29, 0.717) is 124 Å². The molecule has 3 N–H and O–H groups in total. The highest BCUT2D eigenvalue weighted by Crippen LogP contribution is 2.36. The lowest BCUT2D eigenvalue weighted by molar-refractivity contribution is 0.137. The molecular weight excluding hydrogens is 1780 g/mol. The number of para-hydroxylation sites is 1. The number of aliphatic hydroxyl groups is 3. The highest BCUT2D eigenvalue weighted by atomic mass is 16.5. The van der Waals surface area contributed by atoms with Gasteiger partial charge in [0.1, 0.15) is 0 Å². The second-order valence-corrected chi connectivity index (χ2v) is 35.1. The van der Waals surface area contributed by atoms with E-state index in [9.17, 15) is 47.9 Å². The van der Waals surface area contributed by atoms with Gasteiger partial charge in [-0.1, -0.05) is 91.9 Å². The Morgan fingerprint density at radius 3 is 1.34 bits per heavy atom. The van der Waals surface area contributed by atoms with Crippen molar-refractivity contribution in [3.63, 3.8) is 0 Å². The van der Waals surface area contributed by atoms with E-state index in [1.807, 2.05) is 162 Å². The Balaban J connectivity index is 0.000000125. The summed E-state index contributed by atoms with van der Waals surface area (Å²) in [6, 6.07) is 40.7. The Labute approximate surface area is 793 Å². The van der Waals surface area contributed by atoms with Crippen LogP contribution in [0.1, 0.15) is 114 Å². The zero-order valence-electron chi connectivity index (χ0n) is 81.4. The molecule has 39 heteroatoms. The number of allylic oxidation sites excluding steroid dienone is 1. The molecule has 1 aliphatic heterocycles. The summed E-state index contributed by atoms with van der Waals surface area (Å²) < 4.78 is 35.5. The van der Waals surface area contributed by atoms with Gasteiger partial charge in [0.05, 0.1) is 19.2 Å². The van der Waals surface area contributed by atoms with Gasteiger partial charge in [0, 0.05) is 170 Å². The van der Waals surface area contributed by atoms with Crippen LogP contribution in [0.5, 0.6) is 0 Å². The zero-order valence-corrected chi connectivity index (χ0v) is 81.4. The van der Waals surface area contributed by atoms with Gasteiger partial charge < -0.3 is 34.1 Å². The molecule has 5 aromatic carbocycles. The van der Waals surface area contributed by atoms with E-state index < -0.39 is 33.9 Å². The molecule has 0 radical (unpaired) electrons. The first-order chi connectivity index (χ1) is 66.6. The molecule has 1 atom stereocenters. The van der Waals surface area contributed by atoms with Gasteiger partial charge in [0.2, 0.25) is 29.1 Å². The molecule has 1 unspecified atom stereocenters. The van der Waals surface area contributed by atoms with Crippen LogP contribution >= 0.6 is 0 Å². The van der Waals surface area contributed by atoms with Crippen LogP contribution in [0, 0.1) is 69.2 Å². The number of hydrogen-bond acceptors (Lipinski definition) is 20. The van der Waals surface area contributed by atoms with E-state index >= 15 is 0 Å². The van der Waals surface area contributed by atoms with Crippen molar-refractivity contribution in [3.8, 4) is 17.1 Å². The number of aliphatic hydroxyl groups excluding tert-OH is 3. The Morgan fingerprint density at radius 2 is 0.842 bits per heavy atom. The quantitative estimate of drug-likeness (QED) is 0.0424. The van der Waals surface area contributed by atoms with Crippen LogP contribution in [-0.2, 0) is 85.7 Å². The van der Waals surface area contributed by atoms with E-state index in [2.05, 4.69) is 124 Å². The second-order valence-electron chi connectivity index (χ2n) is 35.1. The fourth-order valence-corrected chi connectivity index (χ4v) is 18.8. The summed E-state index contributed by atoms with van der Waals surface area (Å²) in [5.74, 6) is 3.13. The highest BCUT2D eigenvalue weighted by molar-refractivity contribution is 5.82. The van der Waals surface area contributed by atoms with Crippen molar-refractivity contribution in [1.82, 2.24) is 111 Å². The number of hydrogen-bond donors (Lipinski definition) is 3. The van der Waals surface area contributed by atoms with Gasteiger partial charge in [-0.3, -0.25) is 101 Å². The molecule has 0 bridgehead atoms. The summed E-state index contributed by atoms with van der Waals surface area (Å²) >= 11 is 0. The summed E-state index contributed by atoms with van der Waals surface area (Å²) in [4.78, 5) is 154. The monoisotopic (exact) mass is 1890 g/mol. The molecule has 20 rings (SSSR count). The van der Waals surface area contributed by atoms with Crippen LogP contribution in [0.2, 0.25) is 0 Å². The molecule has 0 spiro atoms. The van der Waals surface area contributed by atoms with Crippen molar-refractivity contribution >= 4 is 90.6 Å². The van der Waals surface area contributed by atoms with Gasteiger partial charge in [0.25, 0.3) is 27.8 Å². The Hall–Kier alpha value is -15.6. The lowest BCUT2D eigenvalue weighted by atomic mass is 10.1. The predicted molar refractivity (Wildman–Crippen MR) is 536 cm³/mol. The third-order valence-electron chi connectivity index (χ3n) is 26.1. The molecule has 0 fully saturated rings. The van der Waals surface area contributed by atoms with Crippen LogP contribution in [0.15, 0.2) is 194 Å². The minimum absolute atomic E-state index is 0.0293. The number of ether oxygens (including phenoxy) is 1. The number of fused-ring (bicyclic) bond motifs is 15. The maximum Gasteiger partial charge on any atom is 0.332 e. The number of aromatic nitrogens is 24. The molecule has 15 heterocycles. The average molecular weight is 1890 g/mol. The van der Waals surface area contributed by atoms with Crippen LogP contribution in [0.4, 0.5) is 11.6 Å². The third kappa shape index (κ3) is 16.7. The molecule has 0 aliphatic carbocycles. The largest absolute Gasteiger partial charge is 0.396 e. The summed E-state index contributed by atoms with van der Waals surface area (Å²) in [6.45, 7) is 32.7. The predicted octanol–water partition coefficient (Wildman–Crippen LogP) is 8.24. The van der Waals surface area contributed by atoms with Gasteiger partial charge in [-0.25, -0.2) is 24.0 Å². The molecule has 39 nitrogen and oxygen atoms in total. The zero-order chi connectivity index (χ0) is 99.6. The molecule has 14 aromatic heterocycles. The molecule has 0 saturated heterocycles. The molecule has 19 aromatic rings. The summed E-state index contributed by atoms with van der Waals surface area (Å²) in [6.07, 6.45) is 7.26. The molecule has 139 heavy (non-hydrogen) atoms. The Bertz CT molecular complexity index is 8730. The van der Waals surface area contributed by atoms with Crippen molar-refractivity contribution in [3.05, 3.63) is 318 Å². The summed E-state index contributed by atoms with van der Waals surface area (Å²) in [7, 11) is 8.13. The normalized spacial score (nSPS) is 12.3. The van der Waals surface area contributed by atoms with Gasteiger partial charge in [-0.15, -0.1) is 6.58 Å². The summed E-state index contributed by atoms with van der Waals surface area (Å²) in [5.41, 5.74) is 16.6. The van der Waals surface area contributed by atoms with E-state index in [1.54, 1.807) is 50.1 Å². The minimum atomic E-state index is -0.429. The van der Waals surface area contributed by atoms with E-state index in [0.717, 1.165) is 101 Å². The molecule has 0 saturated carbocycles. The molecule has 0 amide bonds. The first kappa shape index (κ1) is 96.5. The van der Waals surface area contributed by atoms with Gasteiger partial charge in [-0.05, 0) is 185 Å². The van der Waals surface area contributed by atoms with Crippen LogP contribution in [0.3, 0.4) is 0 Å². The van der Waals surface area contributed by atoms with Crippen LogP contribution in [-0.4, -0.2) is 166 Å². The van der Waals surface area contributed by atoms with Crippen LogP contribution in [0.25, 0.3) is 96.0 Å². The van der Waals surface area contributed by atoms with Crippen molar-refractivity contribution in [2.75, 3.05) is 44.5 Å². The van der Waals surface area contributed by atoms with E-state index in [4.69, 9.17) is 25.0 Å². The van der Waals surface area contributed by atoms with Crippen molar-refractivity contribution in [2.45, 2.75) is 161 Å². The highest BCUT2D eigenvalue weighted by Gasteiger charge is 2.33. The van der Waals surface area contributed by atoms with Crippen molar-refractivity contribution < 1.29 is 20.1 Å². The van der Waals surface area contributed by atoms with Crippen molar-refractivity contribution in [1.29, 1.82) is 0 Å². The maximum atomic E-state index is 13.1. The fraction of sp³-hybridized carbons (Fsp3) is 0.350. The number of aryl methyl sites for hydroxylation is 14.